The van der Waals surface area contributed by atoms with Crippen molar-refractivity contribution < 1.29 is 9.53 Å². The van der Waals surface area contributed by atoms with E-state index in [2.05, 4.69) is 10.1 Å². The van der Waals surface area contributed by atoms with Crippen LogP contribution in [0, 0.1) is 0 Å². The van der Waals surface area contributed by atoms with E-state index in [0.717, 1.165) is 0 Å². The molecule has 17 heavy (non-hydrogen) atoms. The van der Waals surface area contributed by atoms with Crippen molar-refractivity contribution in [3.63, 3.8) is 0 Å². The van der Waals surface area contributed by atoms with Crippen molar-refractivity contribution in [3.05, 3.63) is 43.0 Å². The van der Waals surface area contributed by atoms with E-state index in [1.807, 2.05) is 18.2 Å². The summed E-state index contributed by atoms with van der Waals surface area (Å²) in [4.78, 5) is 15.6. The second-order valence-corrected chi connectivity index (χ2v) is 3.79. The van der Waals surface area contributed by atoms with Gasteiger partial charge in [0.05, 0.1) is 0 Å². The molecule has 5 nitrogen and oxygen atoms in total. The van der Waals surface area contributed by atoms with Gasteiger partial charge in [-0.25, -0.2) is 9.67 Å². The van der Waals surface area contributed by atoms with Crippen LogP contribution in [0.3, 0.4) is 0 Å². The quantitative estimate of drug-likeness (QED) is 0.802. The van der Waals surface area contributed by atoms with Crippen molar-refractivity contribution in [2.75, 3.05) is 0 Å². The van der Waals surface area contributed by atoms with Gasteiger partial charge in [0.15, 0.2) is 5.78 Å². The number of hydrogen-bond acceptors (Lipinski definition) is 4. The predicted molar refractivity (Wildman–Crippen MR) is 61.4 cm³/mol. The smallest absolute Gasteiger partial charge is 0.258 e. The van der Waals surface area contributed by atoms with Gasteiger partial charge < -0.3 is 4.74 Å². The third-order valence-electron chi connectivity index (χ3n) is 2.57. The first-order valence-corrected chi connectivity index (χ1v) is 5.23. The monoisotopic (exact) mass is 231 g/mol. The second kappa shape index (κ2) is 4.37. The fourth-order valence-corrected chi connectivity index (χ4v) is 1.43. The molecule has 0 fully saturated rings. The molecule has 0 N–H and O–H groups in total. The van der Waals surface area contributed by atoms with Crippen LogP contribution >= 0.6 is 0 Å². The highest BCUT2D eigenvalue weighted by Crippen LogP contribution is 2.22. The summed E-state index contributed by atoms with van der Waals surface area (Å²) in [6, 6.07) is 9.15. The Hall–Kier alpha value is -2.17. The first-order valence-electron chi connectivity index (χ1n) is 5.23. The lowest BCUT2D eigenvalue weighted by atomic mass is 10.1. The van der Waals surface area contributed by atoms with Gasteiger partial charge in [-0.3, -0.25) is 4.79 Å². The Morgan fingerprint density at radius 1 is 1.35 bits per heavy atom. The van der Waals surface area contributed by atoms with Crippen molar-refractivity contribution in [2.24, 2.45) is 0 Å². The SMILES string of the molecule is CC(=O)C(C)(Oc1ccccc1)n1cncn1. The zero-order chi connectivity index (χ0) is 12.3. The lowest BCUT2D eigenvalue weighted by molar-refractivity contribution is -0.140. The van der Waals surface area contributed by atoms with Gasteiger partial charge in [0, 0.05) is 13.8 Å². The summed E-state index contributed by atoms with van der Waals surface area (Å²) in [5.74, 6) is 0.465. The number of hydrogen-bond donors (Lipinski definition) is 0. The summed E-state index contributed by atoms with van der Waals surface area (Å²) in [6.45, 7) is 3.13. The molecule has 0 aliphatic carbocycles. The number of aromatic nitrogens is 3. The van der Waals surface area contributed by atoms with Gasteiger partial charge in [-0.15, -0.1) is 0 Å². The summed E-state index contributed by atoms with van der Waals surface area (Å²) >= 11 is 0. The molecule has 1 heterocycles. The van der Waals surface area contributed by atoms with Gasteiger partial charge in [0.1, 0.15) is 18.4 Å². The van der Waals surface area contributed by atoms with Crippen molar-refractivity contribution in [1.29, 1.82) is 0 Å². The van der Waals surface area contributed by atoms with Crippen molar-refractivity contribution >= 4 is 5.78 Å². The van der Waals surface area contributed by atoms with E-state index in [4.69, 9.17) is 4.74 Å². The van der Waals surface area contributed by atoms with Gasteiger partial charge in [-0.05, 0) is 12.1 Å². The van der Waals surface area contributed by atoms with Crippen LogP contribution in [0.2, 0.25) is 0 Å². The normalized spacial score (nSPS) is 14.0. The Labute approximate surface area is 99.1 Å². The Balaban J connectivity index is 2.34. The summed E-state index contributed by atoms with van der Waals surface area (Å²) in [7, 11) is 0. The van der Waals surface area contributed by atoms with Crippen LogP contribution in [-0.4, -0.2) is 20.5 Å². The fraction of sp³-hybridized carbons (Fsp3) is 0.250. The van der Waals surface area contributed by atoms with E-state index in [1.165, 1.54) is 24.3 Å². The molecule has 0 aliphatic rings. The molecular weight excluding hydrogens is 218 g/mol. The number of nitrogens with zero attached hydrogens (tertiary/aromatic N) is 3. The van der Waals surface area contributed by atoms with Gasteiger partial charge in [0.25, 0.3) is 5.72 Å². The molecular formula is C12H13N3O2. The van der Waals surface area contributed by atoms with Crippen molar-refractivity contribution in [1.82, 2.24) is 14.8 Å². The average molecular weight is 231 g/mol. The van der Waals surface area contributed by atoms with E-state index >= 15 is 0 Å². The van der Waals surface area contributed by atoms with Crippen LogP contribution < -0.4 is 4.74 Å². The maximum absolute atomic E-state index is 11.8. The minimum atomic E-state index is -1.17. The Kier molecular flexibility index (Phi) is 2.91. The molecule has 0 amide bonds. The molecule has 5 heteroatoms. The van der Waals surface area contributed by atoms with Crippen LogP contribution in [0.15, 0.2) is 43.0 Å². The van der Waals surface area contributed by atoms with Crippen LogP contribution in [0.4, 0.5) is 0 Å². The van der Waals surface area contributed by atoms with Gasteiger partial charge in [-0.1, -0.05) is 18.2 Å². The average Bonchev–Trinajstić information content (AvgIpc) is 2.84. The zero-order valence-corrected chi connectivity index (χ0v) is 9.70. The maximum atomic E-state index is 11.8. The van der Waals surface area contributed by atoms with E-state index in [-0.39, 0.29) is 5.78 Å². The highest BCUT2D eigenvalue weighted by molar-refractivity contribution is 5.82. The fourth-order valence-electron chi connectivity index (χ4n) is 1.43. The molecule has 1 aromatic heterocycles. The highest BCUT2D eigenvalue weighted by Gasteiger charge is 2.35. The molecule has 2 aromatic rings. The largest absolute Gasteiger partial charge is 0.459 e. The van der Waals surface area contributed by atoms with Crippen LogP contribution in [-0.2, 0) is 10.5 Å². The van der Waals surface area contributed by atoms with Crippen LogP contribution in [0.1, 0.15) is 13.8 Å². The summed E-state index contributed by atoms with van der Waals surface area (Å²) in [6.07, 6.45) is 2.83. The molecule has 2 rings (SSSR count). The minimum Gasteiger partial charge on any atom is -0.459 e. The van der Waals surface area contributed by atoms with Crippen LogP contribution in [0.5, 0.6) is 5.75 Å². The molecule has 0 saturated carbocycles. The molecule has 1 unspecified atom stereocenters. The van der Waals surface area contributed by atoms with E-state index in [0.29, 0.717) is 5.75 Å². The maximum Gasteiger partial charge on any atom is 0.258 e. The van der Waals surface area contributed by atoms with Gasteiger partial charge in [0.2, 0.25) is 0 Å². The minimum absolute atomic E-state index is 0.146. The Morgan fingerprint density at radius 3 is 2.59 bits per heavy atom. The summed E-state index contributed by atoms with van der Waals surface area (Å²) in [5.41, 5.74) is -1.17. The second-order valence-electron chi connectivity index (χ2n) is 3.79. The Morgan fingerprint density at radius 2 is 2.06 bits per heavy atom. The molecule has 0 radical (unpaired) electrons. The summed E-state index contributed by atoms with van der Waals surface area (Å²) < 4.78 is 7.12. The lowest BCUT2D eigenvalue weighted by Crippen LogP contribution is -2.43. The standard InChI is InChI=1S/C12H13N3O2/c1-10(16)12(2,15-9-13-8-14-15)17-11-6-4-3-5-7-11/h3-9H,1-2H3. The molecule has 0 aliphatic heterocycles. The molecule has 0 saturated heterocycles. The number of rotatable bonds is 4. The first-order chi connectivity index (χ1) is 8.13. The van der Waals surface area contributed by atoms with E-state index in [9.17, 15) is 4.79 Å². The third-order valence-corrected chi connectivity index (χ3v) is 2.57. The Bertz CT molecular complexity index is 496. The molecule has 88 valence electrons. The van der Waals surface area contributed by atoms with Crippen molar-refractivity contribution in [2.45, 2.75) is 19.6 Å². The molecule has 1 aromatic carbocycles. The van der Waals surface area contributed by atoms with E-state index < -0.39 is 5.72 Å². The number of ketones is 1. The van der Waals surface area contributed by atoms with E-state index in [1.54, 1.807) is 19.1 Å². The summed E-state index contributed by atoms with van der Waals surface area (Å²) in [5, 5.41) is 3.97. The topological polar surface area (TPSA) is 57.0 Å². The van der Waals surface area contributed by atoms with Crippen molar-refractivity contribution in [3.8, 4) is 5.75 Å². The lowest BCUT2D eigenvalue weighted by Gasteiger charge is -2.27. The van der Waals surface area contributed by atoms with Crippen LogP contribution in [0.25, 0.3) is 0 Å². The number of carbonyl (C=O) groups is 1. The predicted octanol–water partition coefficient (Wildman–Crippen LogP) is 1.62. The highest BCUT2D eigenvalue weighted by atomic mass is 16.5. The third kappa shape index (κ3) is 2.18. The number of para-hydroxylation sites is 1. The molecule has 1 atom stereocenters. The zero-order valence-electron chi connectivity index (χ0n) is 9.70. The number of benzene rings is 1. The van der Waals surface area contributed by atoms with Gasteiger partial charge >= 0.3 is 0 Å². The number of ether oxygens (including phenoxy) is 1. The number of Topliss-reactive ketones (excluding diaryl/α,β-unsaturated/α-hetero) is 1. The first kappa shape index (κ1) is 11.3. The van der Waals surface area contributed by atoms with Gasteiger partial charge in [-0.2, -0.15) is 5.10 Å². The molecule has 0 bridgehead atoms. The molecule has 0 spiro atoms. The number of carbonyl (C=O) groups excluding carboxylic acids is 1.